The second-order valence-corrected chi connectivity index (χ2v) is 5.14. The van der Waals surface area contributed by atoms with Gasteiger partial charge in [0.05, 0.1) is 20.8 Å². The molecular weight excluding hydrogens is 320 g/mol. The lowest BCUT2D eigenvalue weighted by atomic mass is 10.1. The van der Waals surface area contributed by atoms with Crippen LogP contribution in [0.4, 0.5) is 0 Å². The molecule has 0 N–H and O–H groups in total. The number of carbonyl (C=O) groups is 1. The number of hydrogen-bond donors (Lipinski definition) is 0. The maximum absolute atomic E-state index is 11.3. The molecule has 2 rings (SSSR count). The largest absolute Gasteiger partial charge is 0.497 e. The first-order chi connectivity index (χ1) is 12.1. The molecular formula is C20H22O5. The van der Waals surface area contributed by atoms with Crippen LogP contribution >= 0.6 is 0 Å². The quantitative estimate of drug-likeness (QED) is 0.539. The summed E-state index contributed by atoms with van der Waals surface area (Å²) in [6, 6.07) is 13.1. The van der Waals surface area contributed by atoms with Crippen molar-refractivity contribution in [1.82, 2.24) is 0 Å². The maximum Gasteiger partial charge on any atom is 0.344 e. The van der Waals surface area contributed by atoms with Crippen molar-refractivity contribution in [1.29, 1.82) is 0 Å². The lowest BCUT2D eigenvalue weighted by Gasteiger charge is -2.06. The second kappa shape index (κ2) is 9.37. The van der Waals surface area contributed by atoms with Gasteiger partial charge in [0.2, 0.25) is 0 Å². The van der Waals surface area contributed by atoms with E-state index in [0.29, 0.717) is 12.4 Å². The Labute approximate surface area is 147 Å². The van der Waals surface area contributed by atoms with E-state index < -0.39 is 0 Å². The highest BCUT2D eigenvalue weighted by molar-refractivity contribution is 5.72. The van der Waals surface area contributed by atoms with Crippen molar-refractivity contribution in [2.75, 3.05) is 27.4 Å². The van der Waals surface area contributed by atoms with Gasteiger partial charge < -0.3 is 18.9 Å². The summed E-state index contributed by atoms with van der Waals surface area (Å²) in [5.74, 6) is 1.72. The van der Waals surface area contributed by atoms with Gasteiger partial charge in [0.1, 0.15) is 17.2 Å². The molecule has 0 spiro atoms. The fraction of sp³-hybridized carbons (Fsp3) is 0.250. The lowest BCUT2D eigenvalue weighted by molar-refractivity contribution is -0.145. The van der Waals surface area contributed by atoms with Gasteiger partial charge in [0.25, 0.3) is 0 Å². The summed E-state index contributed by atoms with van der Waals surface area (Å²) in [7, 11) is 3.24. The molecule has 0 heterocycles. The molecule has 5 nitrogen and oxygen atoms in total. The second-order valence-electron chi connectivity index (χ2n) is 5.14. The van der Waals surface area contributed by atoms with Crippen LogP contribution < -0.4 is 14.2 Å². The molecule has 0 aliphatic heterocycles. The summed E-state index contributed by atoms with van der Waals surface area (Å²) in [6.45, 7) is 2.02. The van der Waals surface area contributed by atoms with Gasteiger partial charge in [-0.05, 0) is 42.3 Å². The SMILES string of the molecule is CCOC(=O)COc1ccc(C=Cc2cc(OC)cc(OC)c2)cc1. The van der Waals surface area contributed by atoms with Crippen molar-refractivity contribution in [3.05, 3.63) is 53.6 Å². The highest BCUT2D eigenvalue weighted by atomic mass is 16.6. The zero-order valence-electron chi connectivity index (χ0n) is 14.7. The summed E-state index contributed by atoms with van der Waals surface area (Å²) in [5, 5.41) is 0. The molecule has 132 valence electrons. The summed E-state index contributed by atoms with van der Waals surface area (Å²) >= 11 is 0. The Morgan fingerprint density at radius 1 is 0.880 bits per heavy atom. The van der Waals surface area contributed by atoms with E-state index in [0.717, 1.165) is 22.6 Å². The molecule has 5 heteroatoms. The summed E-state index contributed by atoms with van der Waals surface area (Å²) < 4.78 is 20.7. The Kier molecular flexibility index (Phi) is 6.89. The normalized spacial score (nSPS) is 10.5. The molecule has 0 saturated carbocycles. The van der Waals surface area contributed by atoms with Crippen LogP contribution in [0, 0.1) is 0 Å². The van der Waals surface area contributed by atoms with E-state index in [4.69, 9.17) is 18.9 Å². The van der Waals surface area contributed by atoms with Gasteiger partial charge in [-0.25, -0.2) is 4.79 Å². The van der Waals surface area contributed by atoms with Gasteiger partial charge in [-0.3, -0.25) is 0 Å². The zero-order valence-corrected chi connectivity index (χ0v) is 14.7. The predicted molar refractivity (Wildman–Crippen MR) is 97.0 cm³/mol. The Morgan fingerprint density at radius 2 is 1.48 bits per heavy atom. The van der Waals surface area contributed by atoms with Gasteiger partial charge in [-0.15, -0.1) is 0 Å². The number of carbonyl (C=O) groups excluding carboxylic acids is 1. The van der Waals surface area contributed by atoms with Crippen molar-refractivity contribution < 1.29 is 23.7 Å². The Balaban J connectivity index is 2.01. The molecule has 0 amide bonds. The molecule has 0 saturated heterocycles. The summed E-state index contributed by atoms with van der Waals surface area (Å²) in [4.78, 5) is 11.3. The van der Waals surface area contributed by atoms with Crippen LogP contribution in [0.25, 0.3) is 12.2 Å². The zero-order chi connectivity index (χ0) is 18.1. The lowest BCUT2D eigenvalue weighted by Crippen LogP contribution is -2.14. The van der Waals surface area contributed by atoms with Crippen LogP contribution in [-0.2, 0) is 9.53 Å². The first-order valence-electron chi connectivity index (χ1n) is 7.94. The van der Waals surface area contributed by atoms with Gasteiger partial charge >= 0.3 is 5.97 Å². The smallest absolute Gasteiger partial charge is 0.344 e. The average molecular weight is 342 g/mol. The monoisotopic (exact) mass is 342 g/mol. The first-order valence-corrected chi connectivity index (χ1v) is 7.94. The minimum atomic E-state index is -0.376. The van der Waals surface area contributed by atoms with Crippen LogP contribution in [-0.4, -0.2) is 33.4 Å². The Morgan fingerprint density at radius 3 is 2.04 bits per heavy atom. The fourth-order valence-corrected chi connectivity index (χ4v) is 2.14. The molecule has 0 aliphatic carbocycles. The van der Waals surface area contributed by atoms with E-state index in [9.17, 15) is 4.79 Å². The molecule has 0 bridgehead atoms. The van der Waals surface area contributed by atoms with E-state index in [1.807, 2.05) is 54.6 Å². The minimum Gasteiger partial charge on any atom is -0.497 e. The number of methoxy groups -OCH3 is 2. The van der Waals surface area contributed by atoms with Gasteiger partial charge in [-0.1, -0.05) is 24.3 Å². The minimum absolute atomic E-state index is 0.0906. The number of esters is 1. The number of hydrogen-bond acceptors (Lipinski definition) is 5. The summed E-state index contributed by atoms with van der Waals surface area (Å²) in [6.07, 6.45) is 3.95. The van der Waals surface area contributed by atoms with E-state index >= 15 is 0 Å². The third-order valence-corrected chi connectivity index (χ3v) is 3.38. The van der Waals surface area contributed by atoms with Crippen LogP contribution in [0.3, 0.4) is 0 Å². The highest BCUT2D eigenvalue weighted by Crippen LogP contribution is 2.24. The van der Waals surface area contributed by atoms with Crippen molar-refractivity contribution >= 4 is 18.1 Å². The number of ether oxygens (including phenoxy) is 4. The molecule has 2 aromatic rings. The fourth-order valence-electron chi connectivity index (χ4n) is 2.14. The third-order valence-electron chi connectivity index (χ3n) is 3.38. The van der Waals surface area contributed by atoms with Crippen LogP contribution in [0.5, 0.6) is 17.2 Å². The van der Waals surface area contributed by atoms with Gasteiger partial charge in [0, 0.05) is 6.07 Å². The Hall–Kier alpha value is -2.95. The van der Waals surface area contributed by atoms with Crippen molar-refractivity contribution in [2.24, 2.45) is 0 Å². The molecule has 0 aliphatic rings. The standard InChI is InChI=1S/C20H22O5/c1-4-24-20(21)14-25-17-9-7-15(8-10-17)5-6-16-11-18(22-2)13-19(12-16)23-3/h5-13H,4,14H2,1-3H3. The predicted octanol–water partition coefficient (Wildman–Crippen LogP) is 3.82. The van der Waals surface area contributed by atoms with Gasteiger partial charge in [0.15, 0.2) is 6.61 Å². The van der Waals surface area contributed by atoms with Gasteiger partial charge in [-0.2, -0.15) is 0 Å². The molecule has 25 heavy (non-hydrogen) atoms. The molecule has 0 atom stereocenters. The highest BCUT2D eigenvalue weighted by Gasteiger charge is 2.03. The molecule has 0 fully saturated rings. The molecule has 0 radical (unpaired) electrons. The third kappa shape index (κ3) is 5.88. The average Bonchev–Trinajstić information content (AvgIpc) is 2.65. The van der Waals surface area contributed by atoms with E-state index in [1.54, 1.807) is 21.1 Å². The van der Waals surface area contributed by atoms with E-state index in [2.05, 4.69) is 0 Å². The molecule has 0 aromatic heterocycles. The van der Waals surface area contributed by atoms with Crippen LogP contribution in [0.1, 0.15) is 18.1 Å². The van der Waals surface area contributed by atoms with Crippen molar-refractivity contribution in [2.45, 2.75) is 6.92 Å². The van der Waals surface area contributed by atoms with Crippen LogP contribution in [0.15, 0.2) is 42.5 Å². The topological polar surface area (TPSA) is 54.0 Å². The molecule has 2 aromatic carbocycles. The van der Waals surface area contributed by atoms with E-state index in [1.165, 1.54) is 0 Å². The van der Waals surface area contributed by atoms with Crippen molar-refractivity contribution in [3.63, 3.8) is 0 Å². The van der Waals surface area contributed by atoms with Crippen LogP contribution in [0.2, 0.25) is 0 Å². The Bertz CT molecular complexity index is 697. The number of rotatable bonds is 8. The maximum atomic E-state index is 11.3. The molecule has 0 unspecified atom stereocenters. The summed E-state index contributed by atoms with van der Waals surface area (Å²) in [5.41, 5.74) is 1.98. The van der Waals surface area contributed by atoms with E-state index in [-0.39, 0.29) is 12.6 Å². The first kappa shape index (κ1) is 18.4. The van der Waals surface area contributed by atoms with Crippen molar-refractivity contribution in [3.8, 4) is 17.2 Å². The number of benzene rings is 2.